The van der Waals surface area contributed by atoms with Crippen LogP contribution in [0.3, 0.4) is 0 Å². The van der Waals surface area contributed by atoms with Crippen LogP contribution < -0.4 is 0 Å². The van der Waals surface area contributed by atoms with Crippen molar-refractivity contribution in [2.24, 2.45) is 5.92 Å². The second kappa shape index (κ2) is 4.57. The smallest absolute Gasteiger partial charge is 0.306 e. The van der Waals surface area contributed by atoms with Gasteiger partial charge >= 0.3 is 5.97 Å². The van der Waals surface area contributed by atoms with E-state index in [1.165, 1.54) is 6.92 Å². The number of aromatic hydroxyl groups is 2. The minimum absolute atomic E-state index is 0.249. The Hall–Kier alpha value is -1.49. The summed E-state index contributed by atoms with van der Waals surface area (Å²) in [6, 6.07) is 0.862. The summed E-state index contributed by atoms with van der Waals surface area (Å²) in [7, 11) is 0. The molecule has 4 nitrogen and oxygen atoms in total. The molecule has 0 fully saturated rings. The largest absolute Gasteiger partial charge is 0.504 e. The second-order valence-corrected chi connectivity index (χ2v) is 3.87. The topological polar surface area (TPSA) is 77.8 Å². The van der Waals surface area contributed by atoms with Gasteiger partial charge in [0.15, 0.2) is 11.5 Å². The maximum atomic E-state index is 13.5. The molecule has 1 atom stereocenters. The van der Waals surface area contributed by atoms with Crippen LogP contribution in [0.25, 0.3) is 0 Å². The second-order valence-electron chi connectivity index (χ2n) is 3.46. The summed E-state index contributed by atoms with van der Waals surface area (Å²) in [4.78, 5) is 10.6. The molecule has 0 saturated carbocycles. The van der Waals surface area contributed by atoms with Gasteiger partial charge in [-0.15, -0.1) is 0 Å². The molecule has 6 heteroatoms. The van der Waals surface area contributed by atoms with Crippen molar-refractivity contribution in [3.05, 3.63) is 22.5 Å². The Morgan fingerprint density at radius 3 is 2.62 bits per heavy atom. The standard InChI is InChI=1S/C10H10ClFO4/c1-4(10(15)16)2-5-8(12)6(11)3-7(13)9(5)14/h3-4,13-14H,2H2,1H3,(H,15,16). The number of aliphatic carboxylic acids is 1. The Labute approximate surface area is 95.9 Å². The molecule has 0 radical (unpaired) electrons. The van der Waals surface area contributed by atoms with Gasteiger partial charge in [0.25, 0.3) is 0 Å². The Bertz CT molecular complexity index is 407. The van der Waals surface area contributed by atoms with E-state index in [0.29, 0.717) is 0 Å². The van der Waals surface area contributed by atoms with E-state index in [2.05, 4.69) is 0 Å². The number of halogens is 2. The summed E-state index contributed by atoms with van der Waals surface area (Å²) in [5.74, 6) is -4.17. The van der Waals surface area contributed by atoms with Gasteiger partial charge < -0.3 is 15.3 Å². The number of carboxylic acid groups (broad SMARTS) is 1. The highest BCUT2D eigenvalue weighted by molar-refractivity contribution is 6.31. The Morgan fingerprint density at radius 2 is 2.12 bits per heavy atom. The highest BCUT2D eigenvalue weighted by Crippen LogP contribution is 2.36. The lowest BCUT2D eigenvalue weighted by atomic mass is 9.99. The number of hydrogen-bond acceptors (Lipinski definition) is 3. The lowest BCUT2D eigenvalue weighted by molar-refractivity contribution is -0.141. The molecule has 3 N–H and O–H groups in total. The number of phenols is 2. The molecule has 1 aromatic carbocycles. The summed E-state index contributed by atoms with van der Waals surface area (Å²) in [5.41, 5.74) is -0.292. The Balaban J connectivity index is 3.17. The Morgan fingerprint density at radius 1 is 1.56 bits per heavy atom. The van der Waals surface area contributed by atoms with Gasteiger partial charge in [0, 0.05) is 11.6 Å². The van der Waals surface area contributed by atoms with Gasteiger partial charge in [0.1, 0.15) is 5.82 Å². The fourth-order valence-corrected chi connectivity index (χ4v) is 1.45. The highest BCUT2D eigenvalue weighted by atomic mass is 35.5. The molecule has 0 aromatic heterocycles. The number of carboxylic acids is 1. The molecule has 88 valence electrons. The minimum atomic E-state index is -1.13. The van der Waals surface area contributed by atoms with Crippen molar-refractivity contribution in [1.29, 1.82) is 0 Å². The molecule has 0 saturated heterocycles. The average molecular weight is 249 g/mol. The van der Waals surface area contributed by atoms with E-state index < -0.39 is 29.2 Å². The molecule has 16 heavy (non-hydrogen) atoms. The number of carbonyl (C=O) groups is 1. The monoisotopic (exact) mass is 248 g/mol. The quantitative estimate of drug-likeness (QED) is 0.717. The molecule has 0 bridgehead atoms. The van der Waals surface area contributed by atoms with E-state index in [-0.39, 0.29) is 17.0 Å². The van der Waals surface area contributed by atoms with E-state index in [9.17, 15) is 19.4 Å². The molecule has 1 unspecified atom stereocenters. The number of benzene rings is 1. The van der Waals surface area contributed by atoms with Crippen molar-refractivity contribution >= 4 is 17.6 Å². The zero-order chi connectivity index (χ0) is 12.5. The van der Waals surface area contributed by atoms with Gasteiger partial charge in [-0.3, -0.25) is 4.79 Å². The molecule has 0 aliphatic heterocycles. The molecule has 1 aromatic rings. The molecule has 0 amide bonds. The summed E-state index contributed by atoms with van der Waals surface area (Å²) < 4.78 is 13.5. The van der Waals surface area contributed by atoms with E-state index >= 15 is 0 Å². The van der Waals surface area contributed by atoms with Crippen LogP contribution >= 0.6 is 11.6 Å². The van der Waals surface area contributed by atoms with Gasteiger partial charge in [0.05, 0.1) is 10.9 Å². The van der Waals surface area contributed by atoms with Crippen molar-refractivity contribution in [3.8, 4) is 11.5 Å². The first kappa shape index (κ1) is 12.6. The molecular formula is C10H10ClFO4. The third-order valence-electron chi connectivity index (χ3n) is 2.20. The van der Waals surface area contributed by atoms with Crippen LogP contribution in [-0.4, -0.2) is 21.3 Å². The zero-order valence-corrected chi connectivity index (χ0v) is 9.12. The van der Waals surface area contributed by atoms with Crippen molar-refractivity contribution in [1.82, 2.24) is 0 Å². The maximum absolute atomic E-state index is 13.5. The van der Waals surface area contributed by atoms with Crippen LogP contribution in [0.2, 0.25) is 5.02 Å². The predicted octanol–water partition coefficient (Wildman–Crippen LogP) is 2.15. The van der Waals surface area contributed by atoms with Gasteiger partial charge in [-0.2, -0.15) is 0 Å². The fraction of sp³-hybridized carbons (Fsp3) is 0.300. The normalized spacial score (nSPS) is 12.4. The van der Waals surface area contributed by atoms with Gasteiger partial charge in [-0.25, -0.2) is 4.39 Å². The van der Waals surface area contributed by atoms with E-state index in [1.54, 1.807) is 0 Å². The summed E-state index contributed by atoms with van der Waals surface area (Å²) >= 11 is 5.46. The molecule has 0 aliphatic rings. The van der Waals surface area contributed by atoms with E-state index in [0.717, 1.165) is 6.07 Å². The third-order valence-corrected chi connectivity index (χ3v) is 2.47. The van der Waals surface area contributed by atoms with Crippen molar-refractivity contribution in [3.63, 3.8) is 0 Å². The van der Waals surface area contributed by atoms with Crippen LogP contribution in [0.4, 0.5) is 4.39 Å². The minimum Gasteiger partial charge on any atom is -0.504 e. The van der Waals surface area contributed by atoms with Crippen LogP contribution in [0.1, 0.15) is 12.5 Å². The first-order chi connectivity index (χ1) is 7.34. The van der Waals surface area contributed by atoms with Crippen LogP contribution in [0.15, 0.2) is 6.07 Å². The van der Waals surface area contributed by atoms with Crippen LogP contribution in [0.5, 0.6) is 11.5 Å². The average Bonchev–Trinajstić information content (AvgIpc) is 2.21. The number of rotatable bonds is 3. The van der Waals surface area contributed by atoms with E-state index in [1.807, 2.05) is 0 Å². The molecule has 0 spiro atoms. The summed E-state index contributed by atoms with van der Waals surface area (Å²) in [6.45, 7) is 1.36. The first-order valence-electron chi connectivity index (χ1n) is 4.46. The van der Waals surface area contributed by atoms with Gasteiger partial charge in [0.2, 0.25) is 0 Å². The summed E-state index contributed by atoms with van der Waals surface area (Å²) in [6.07, 6.45) is -0.249. The van der Waals surface area contributed by atoms with Crippen molar-refractivity contribution in [2.45, 2.75) is 13.3 Å². The van der Waals surface area contributed by atoms with Gasteiger partial charge in [-0.05, 0) is 6.42 Å². The lowest BCUT2D eigenvalue weighted by Gasteiger charge is -2.11. The highest BCUT2D eigenvalue weighted by Gasteiger charge is 2.21. The van der Waals surface area contributed by atoms with Crippen LogP contribution in [-0.2, 0) is 11.2 Å². The van der Waals surface area contributed by atoms with Gasteiger partial charge in [-0.1, -0.05) is 18.5 Å². The summed E-state index contributed by atoms with van der Waals surface area (Å²) in [5, 5.41) is 26.9. The Kier molecular flexibility index (Phi) is 3.59. The lowest BCUT2D eigenvalue weighted by Crippen LogP contribution is -2.13. The van der Waals surface area contributed by atoms with Crippen molar-refractivity contribution in [2.75, 3.05) is 0 Å². The SMILES string of the molecule is CC(Cc1c(O)c(O)cc(Cl)c1F)C(=O)O. The zero-order valence-electron chi connectivity index (χ0n) is 8.37. The van der Waals surface area contributed by atoms with E-state index in [4.69, 9.17) is 16.7 Å². The van der Waals surface area contributed by atoms with Crippen molar-refractivity contribution < 1.29 is 24.5 Å². The molecular weight excluding hydrogens is 239 g/mol. The molecule has 0 heterocycles. The number of hydrogen-bond donors (Lipinski definition) is 3. The predicted molar refractivity (Wildman–Crippen MR) is 55.2 cm³/mol. The molecule has 0 aliphatic carbocycles. The first-order valence-corrected chi connectivity index (χ1v) is 4.84. The molecule has 1 rings (SSSR count). The fourth-order valence-electron chi connectivity index (χ4n) is 1.23. The third kappa shape index (κ3) is 2.36. The maximum Gasteiger partial charge on any atom is 0.306 e. The number of phenolic OH excluding ortho intramolecular Hbond substituents is 2. The van der Waals surface area contributed by atoms with Crippen LogP contribution in [0, 0.1) is 11.7 Å².